The molecule has 0 atom stereocenters. The van der Waals surface area contributed by atoms with E-state index in [2.05, 4.69) is 15.8 Å². The monoisotopic (exact) mass is 339 g/mol. The lowest BCUT2D eigenvalue weighted by Crippen LogP contribution is -2.37. The number of rotatable bonds is 4. The fourth-order valence-electron chi connectivity index (χ4n) is 1.47. The van der Waals surface area contributed by atoms with Crippen molar-refractivity contribution >= 4 is 41.2 Å². The van der Waals surface area contributed by atoms with E-state index in [1.54, 1.807) is 30.3 Å². The lowest BCUT2D eigenvalue weighted by Gasteiger charge is -2.01. The molecule has 0 aliphatic carbocycles. The van der Waals surface area contributed by atoms with Crippen molar-refractivity contribution in [2.75, 3.05) is 0 Å². The largest absolute Gasteiger partial charge is 0.467 e. The molecule has 6 nitrogen and oxygen atoms in total. The van der Waals surface area contributed by atoms with Crippen molar-refractivity contribution in [2.45, 2.75) is 6.54 Å². The van der Waals surface area contributed by atoms with Crippen LogP contribution < -0.4 is 10.7 Å². The van der Waals surface area contributed by atoms with Crippen molar-refractivity contribution in [3.05, 3.63) is 58.0 Å². The maximum Gasteiger partial charge on any atom is 0.329 e. The SMILES string of the molecule is O=C(NCc1ccco1)C(=O)N/N=C\c1ccc(Cl)c(Cl)c1. The summed E-state index contributed by atoms with van der Waals surface area (Å²) in [5.74, 6) is -1.16. The third-order valence-corrected chi connectivity index (χ3v) is 3.27. The van der Waals surface area contributed by atoms with Crippen LogP contribution in [0.15, 0.2) is 46.1 Å². The van der Waals surface area contributed by atoms with Crippen LogP contribution in [0.4, 0.5) is 0 Å². The normalized spacial score (nSPS) is 10.6. The Kier molecular flexibility index (Phi) is 5.57. The molecule has 0 unspecified atom stereocenters. The highest BCUT2D eigenvalue weighted by atomic mass is 35.5. The maximum absolute atomic E-state index is 11.5. The van der Waals surface area contributed by atoms with Crippen LogP contribution >= 0.6 is 23.2 Å². The lowest BCUT2D eigenvalue weighted by atomic mass is 10.2. The summed E-state index contributed by atoms with van der Waals surface area (Å²) in [5, 5.41) is 6.85. The Hall–Kier alpha value is -2.31. The molecule has 2 N–H and O–H groups in total. The number of furan rings is 1. The molecule has 0 bridgehead atoms. The third-order valence-electron chi connectivity index (χ3n) is 2.53. The molecule has 0 fully saturated rings. The van der Waals surface area contributed by atoms with E-state index >= 15 is 0 Å². The Bertz CT molecular complexity index is 699. The summed E-state index contributed by atoms with van der Waals surface area (Å²) in [6.07, 6.45) is 2.82. The Balaban J connectivity index is 1.82. The Morgan fingerprint density at radius 1 is 1.18 bits per heavy atom. The zero-order valence-electron chi connectivity index (χ0n) is 11.2. The van der Waals surface area contributed by atoms with Crippen LogP contribution in [0.25, 0.3) is 0 Å². The predicted octanol–water partition coefficient (Wildman–Crippen LogP) is 2.35. The van der Waals surface area contributed by atoms with Gasteiger partial charge < -0.3 is 9.73 Å². The average Bonchev–Trinajstić information content (AvgIpc) is 3.01. The summed E-state index contributed by atoms with van der Waals surface area (Å²) in [6.45, 7) is 0.121. The first kappa shape index (κ1) is 16.1. The number of carbonyl (C=O) groups is 2. The highest BCUT2D eigenvalue weighted by Gasteiger charge is 2.12. The molecule has 2 rings (SSSR count). The molecule has 8 heteroatoms. The van der Waals surface area contributed by atoms with Gasteiger partial charge in [0.2, 0.25) is 0 Å². The number of benzene rings is 1. The van der Waals surface area contributed by atoms with E-state index in [4.69, 9.17) is 27.6 Å². The number of hydrogen-bond donors (Lipinski definition) is 2. The first-order chi connectivity index (χ1) is 10.6. The summed E-state index contributed by atoms with van der Waals surface area (Å²) < 4.78 is 5.02. The fourth-order valence-corrected chi connectivity index (χ4v) is 1.78. The zero-order valence-corrected chi connectivity index (χ0v) is 12.7. The molecule has 22 heavy (non-hydrogen) atoms. The van der Waals surface area contributed by atoms with Crippen LogP contribution in [-0.4, -0.2) is 18.0 Å². The van der Waals surface area contributed by atoms with Gasteiger partial charge in [0.25, 0.3) is 0 Å². The smallest absolute Gasteiger partial charge is 0.329 e. The second kappa shape index (κ2) is 7.63. The van der Waals surface area contributed by atoms with Crippen molar-refractivity contribution in [2.24, 2.45) is 5.10 Å². The number of carbonyl (C=O) groups excluding carboxylic acids is 2. The van der Waals surface area contributed by atoms with Crippen LogP contribution in [0.1, 0.15) is 11.3 Å². The maximum atomic E-state index is 11.5. The van der Waals surface area contributed by atoms with Crippen molar-refractivity contribution in [1.82, 2.24) is 10.7 Å². The number of nitrogens with zero attached hydrogens (tertiary/aromatic N) is 1. The second-order valence-corrected chi connectivity index (χ2v) is 4.95. The molecular formula is C14H11Cl2N3O3. The van der Waals surface area contributed by atoms with Crippen LogP contribution in [0, 0.1) is 0 Å². The minimum Gasteiger partial charge on any atom is -0.467 e. The highest BCUT2D eigenvalue weighted by Crippen LogP contribution is 2.21. The lowest BCUT2D eigenvalue weighted by molar-refractivity contribution is -0.139. The molecule has 0 spiro atoms. The molecule has 0 saturated carbocycles. The molecule has 1 heterocycles. The zero-order chi connectivity index (χ0) is 15.9. The summed E-state index contributed by atoms with van der Waals surface area (Å²) in [5.41, 5.74) is 2.74. The van der Waals surface area contributed by atoms with Crippen LogP contribution in [0.5, 0.6) is 0 Å². The molecule has 114 valence electrons. The Labute approximate surface area is 136 Å². The Morgan fingerprint density at radius 3 is 2.68 bits per heavy atom. The first-order valence-corrected chi connectivity index (χ1v) is 6.90. The van der Waals surface area contributed by atoms with E-state index in [0.29, 0.717) is 21.4 Å². The van der Waals surface area contributed by atoms with Gasteiger partial charge in [0, 0.05) is 0 Å². The van der Waals surface area contributed by atoms with E-state index in [1.165, 1.54) is 12.5 Å². The number of hydrogen-bond acceptors (Lipinski definition) is 4. The van der Waals surface area contributed by atoms with Crippen LogP contribution in [0.3, 0.4) is 0 Å². The molecule has 1 aromatic heterocycles. The topological polar surface area (TPSA) is 83.7 Å². The molecular weight excluding hydrogens is 329 g/mol. The molecule has 0 saturated heterocycles. The minimum atomic E-state index is -0.886. The molecule has 0 aliphatic heterocycles. The molecule has 2 amide bonds. The van der Waals surface area contributed by atoms with Gasteiger partial charge in [-0.05, 0) is 29.8 Å². The summed E-state index contributed by atoms with van der Waals surface area (Å²) in [7, 11) is 0. The van der Waals surface area contributed by atoms with E-state index in [-0.39, 0.29) is 6.54 Å². The minimum absolute atomic E-state index is 0.121. The van der Waals surface area contributed by atoms with E-state index in [1.807, 2.05) is 0 Å². The standard InChI is InChI=1S/C14H11Cl2N3O3/c15-11-4-3-9(6-12(11)16)7-18-19-14(21)13(20)17-8-10-2-1-5-22-10/h1-7H,8H2,(H,17,20)(H,19,21)/b18-7-. The van der Waals surface area contributed by atoms with E-state index in [0.717, 1.165) is 0 Å². The van der Waals surface area contributed by atoms with Crippen molar-refractivity contribution in [1.29, 1.82) is 0 Å². The van der Waals surface area contributed by atoms with Gasteiger partial charge in [-0.1, -0.05) is 29.3 Å². The summed E-state index contributed by atoms with van der Waals surface area (Å²) in [6, 6.07) is 8.21. The number of hydrazone groups is 1. The molecule has 1 aromatic carbocycles. The van der Waals surface area contributed by atoms with Gasteiger partial charge in [-0.25, -0.2) is 5.43 Å². The quantitative estimate of drug-likeness (QED) is 0.509. The average molecular weight is 340 g/mol. The third kappa shape index (κ3) is 4.61. The van der Waals surface area contributed by atoms with Crippen molar-refractivity contribution < 1.29 is 14.0 Å². The summed E-state index contributed by atoms with van der Waals surface area (Å²) >= 11 is 11.6. The van der Waals surface area contributed by atoms with Gasteiger partial charge in [-0.2, -0.15) is 5.10 Å². The first-order valence-electron chi connectivity index (χ1n) is 6.15. The molecule has 0 aliphatic rings. The second-order valence-electron chi connectivity index (χ2n) is 4.13. The summed E-state index contributed by atoms with van der Waals surface area (Å²) in [4.78, 5) is 23.0. The van der Waals surface area contributed by atoms with Gasteiger partial charge in [0.05, 0.1) is 29.1 Å². The van der Waals surface area contributed by atoms with Gasteiger partial charge in [-0.15, -0.1) is 0 Å². The van der Waals surface area contributed by atoms with Crippen LogP contribution in [-0.2, 0) is 16.1 Å². The molecule has 0 radical (unpaired) electrons. The number of nitrogens with one attached hydrogen (secondary N) is 2. The van der Waals surface area contributed by atoms with Gasteiger partial charge in [0.1, 0.15) is 5.76 Å². The Morgan fingerprint density at radius 2 is 2.00 bits per heavy atom. The van der Waals surface area contributed by atoms with E-state index in [9.17, 15) is 9.59 Å². The van der Waals surface area contributed by atoms with E-state index < -0.39 is 11.8 Å². The molecule has 2 aromatic rings. The van der Waals surface area contributed by atoms with Gasteiger partial charge in [-0.3, -0.25) is 9.59 Å². The van der Waals surface area contributed by atoms with Crippen molar-refractivity contribution in [3.63, 3.8) is 0 Å². The van der Waals surface area contributed by atoms with Crippen LogP contribution in [0.2, 0.25) is 10.0 Å². The number of amides is 2. The number of halogens is 2. The van der Waals surface area contributed by atoms with Crippen molar-refractivity contribution in [3.8, 4) is 0 Å². The highest BCUT2D eigenvalue weighted by molar-refractivity contribution is 6.42. The fraction of sp³-hybridized carbons (Fsp3) is 0.0714. The van der Waals surface area contributed by atoms with Gasteiger partial charge >= 0.3 is 11.8 Å². The van der Waals surface area contributed by atoms with Gasteiger partial charge in [0.15, 0.2) is 0 Å². The predicted molar refractivity (Wildman–Crippen MR) is 82.8 cm³/mol.